The van der Waals surface area contributed by atoms with Gasteiger partial charge in [0.15, 0.2) is 11.5 Å². The Morgan fingerprint density at radius 1 is 1.40 bits per heavy atom. The minimum atomic E-state index is -1.11. The van der Waals surface area contributed by atoms with E-state index in [1.54, 1.807) is 0 Å². The average molecular weight is 276 g/mol. The van der Waals surface area contributed by atoms with Crippen LogP contribution in [-0.4, -0.2) is 25.3 Å². The first kappa shape index (κ1) is 11.6. The highest BCUT2D eigenvalue weighted by molar-refractivity contribution is 9.10. The molecule has 6 heteroatoms. The summed E-state index contributed by atoms with van der Waals surface area (Å²) in [7, 11) is 2.82. The van der Waals surface area contributed by atoms with Crippen LogP contribution in [0.3, 0.4) is 0 Å². The molecule has 0 amide bonds. The van der Waals surface area contributed by atoms with Crippen molar-refractivity contribution in [3.8, 4) is 11.5 Å². The SMILES string of the molecule is COc1c(N)cc(C(=O)O)c(OC)c1Br. The van der Waals surface area contributed by atoms with Gasteiger partial charge in [0, 0.05) is 0 Å². The molecule has 1 aromatic carbocycles. The number of ether oxygens (including phenoxy) is 2. The summed E-state index contributed by atoms with van der Waals surface area (Å²) in [6.45, 7) is 0. The molecule has 82 valence electrons. The fraction of sp³-hybridized carbons (Fsp3) is 0.222. The van der Waals surface area contributed by atoms with Crippen LogP contribution in [0, 0.1) is 0 Å². The van der Waals surface area contributed by atoms with Crippen molar-refractivity contribution >= 4 is 27.6 Å². The topological polar surface area (TPSA) is 81.8 Å². The first-order valence-electron chi connectivity index (χ1n) is 3.96. The van der Waals surface area contributed by atoms with Gasteiger partial charge in [-0.15, -0.1) is 0 Å². The lowest BCUT2D eigenvalue weighted by Crippen LogP contribution is -2.04. The van der Waals surface area contributed by atoms with E-state index < -0.39 is 5.97 Å². The lowest BCUT2D eigenvalue weighted by atomic mass is 10.1. The zero-order valence-electron chi connectivity index (χ0n) is 8.20. The van der Waals surface area contributed by atoms with Crippen LogP contribution in [0.4, 0.5) is 5.69 Å². The van der Waals surface area contributed by atoms with E-state index in [1.165, 1.54) is 20.3 Å². The number of methoxy groups -OCH3 is 2. The molecule has 0 saturated carbocycles. The summed E-state index contributed by atoms with van der Waals surface area (Å²) in [4.78, 5) is 10.9. The summed E-state index contributed by atoms with van der Waals surface area (Å²) in [5.41, 5.74) is 5.85. The van der Waals surface area contributed by atoms with E-state index in [0.29, 0.717) is 10.2 Å². The molecule has 0 aliphatic carbocycles. The maximum Gasteiger partial charge on any atom is 0.339 e. The average Bonchev–Trinajstić information content (AvgIpc) is 2.17. The lowest BCUT2D eigenvalue weighted by Gasteiger charge is -2.13. The molecule has 5 nitrogen and oxygen atoms in total. The van der Waals surface area contributed by atoms with Gasteiger partial charge in [-0.2, -0.15) is 0 Å². The molecule has 0 atom stereocenters. The Labute approximate surface area is 94.9 Å². The minimum Gasteiger partial charge on any atom is -0.495 e. The molecule has 0 aromatic heterocycles. The standard InChI is InChI=1S/C9H10BrNO4/c1-14-7-4(9(12)13)3-5(11)8(15-2)6(7)10/h3H,11H2,1-2H3,(H,12,13). The number of halogens is 1. The van der Waals surface area contributed by atoms with Crippen molar-refractivity contribution in [2.45, 2.75) is 0 Å². The molecule has 3 N–H and O–H groups in total. The van der Waals surface area contributed by atoms with E-state index in [4.69, 9.17) is 20.3 Å². The van der Waals surface area contributed by atoms with Gasteiger partial charge in [-0.3, -0.25) is 0 Å². The van der Waals surface area contributed by atoms with Gasteiger partial charge < -0.3 is 20.3 Å². The van der Waals surface area contributed by atoms with Crippen molar-refractivity contribution < 1.29 is 19.4 Å². The number of aromatic carboxylic acids is 1. The predicted molar refractivity (Wildman–Crippen MR) is 58.6 cm³/mol. The first-order valence-corrected chi connectivity index (χ1v) is 4.75. The van der Waals surface area contributed by atoms with Crippen LogP contribution in [0.25, 0.3) is 0 Å². The van der Waals surface area contributed by atoms with Gasteiger partial charge in [-0.25, -0.2) is 4.79 Å². The lowest BCUT2D eigenvalue weighted by molar-refractivity contribution is 0.0693. The van der Waals surface area contributed by atoms with Crippen molar-refractivity contribution in [2.75, 3.05) is 20.0 Å². The summed E-state index contributed by atoms with van der Waals surface area (Å²) in [5.74, 6) is -0.563. The molecule has 0 aliphatic heterocycles. The molecule has 0 heterocycles. The number of nitrogens with two attached hydrogens (primary N) is 1. The summed E-state index contributed by atoms with van der Waals surface area (Å²) < 4.78 is 10.4. The van der Waals surface area contributed by atoms with Gasteiger partial charge in [0.2, 0.25) is 0 Å². The molecule has 0 unspecified atom stereocenters. The molecule has 15 heavy (non-hydrogen) atoms. The Morgan fingerprint density at radius 2 is 1.93 bits per heavy atom. The summed E-state index contributed by atoms with van der Waals surface area (Å²) in [5, 5.41) is 8.91. The zero-order valence-corrected chi connectivity index (χ0v) is 9.79. The Balaban J connectivity index is 3.51. The van der Waals surface area contributed by atoms with Gasteiger partial charge in [-0.1, -0.05) is 0 Å². The Bertz CT molecular complexity index is 406. The fourth-order valence-electron chi connectivity index (χ4n) is 1.20. The fourth-order valence-corrected chi connectivity index (χ4v) is 1.97. The number of rotatable bonds is 3. The van der Waals surface area contributed by atoms with Crippen molar-refractivity contribution in [3.05, 3.63) is 16.1 Å². The normalized spacial score (nSPS) is 9.80. The number of hydrogen-bond acceptors (Lipinski definition) is 4. The summed E-state index contributed by atoms with van der Waals surface area (Å²) in [6.07, 6.45) is 0. The number of carboxylic acid groups (broad SMARTS) is 1. The first-order chi connectivity index (χ1) is 7.02. The maximum atomic E-state index is 10.9. The third-order valence-corrected chi connectivity index (χ3v) is 2.56. The van der Waals surface area contributed by atoms with Crippen LogP contribution in [0.1, 0.15) is 10.4 Å². The molecule has 0 aliphatic rings. The molecular formula is C9H10BrNO4. The molecule has 0 fully saturated rings. The quantitative estimate of drug-likeness (QED) is 0.822. The summed E-state index contributed by atoms with van der Waals surface area (Å²) in [6, 6.07) is 1.30. The molecule has 0 bridgehead atoms. The molecule has 0 saturated heterocycles. The van der Waals surface area contributed by atoms with Gasteiger partial charge >= 0.3 is 5.97 Å². The van der Waals surface area contributed by atoms with Gasteiger partial charge in [0.25, 0.3) is 0 Å². The van der Waals surface area contributed by atoms with Gasteiger partial charge in [-0.05, 0) is 22.0 Å². The van der Waals surface area contributed by atoms with E-state index in [2.05, 4.69) is 15.9 Å². The van der Waals surface area contributed by atoms with E-state index in [-0.39, 0.29) is 17.0 Å². The highest BCUT2D eigenvalue weighted by Gasteiger charge is 2.20. The third kappa shape index (κ3) is 1.99. The monoisotopic (exact) mass is 275 g/mol. The van der Waals surface area contributed by atoms with Crippen LogP contribution in [0.15, 0.2) is 10.5 Å². The third-order valence-electron chi connectivity index (χ3n) is 1.84. The van der Waals surface area contributed by atoms with Crippen LogP contribution >= 0.6 is 15.9 Å². The molecule has 1 aromatic rings. The van der Waals surface area contributed by atoms with Crippen LogP contribution < -0.4 is 15.2 Å². The second kappa shape index (κ2) is 4.39. The van der Waals surface area contributed by atoms with E-state index in [1.807, 2.05) is 0 Å². The highest BCUT2D eigenvalue weighted by atomic mass is 79.9. The van der Waals surface area contributed by atoms with E-state index >= 15 is 0 Å². The predicted octanol–water partition coefficient (Wildman–Crippen LogP) is 1.75. The number of nitrogen functional groups attached to an aromatic ring is 1. The minimum absolute atomic E-state index is 0.0114. The van der Waals surface area contributed by atoms with E-state index in [0.717, 1.165) is 0 Å². The Morgan fingerprint density at radius 3 is 2.33 bits per heavy atom. The maximum absolute atomic E-state index is 10.9. The van der Waals surface area contributed by atoms with Crippen molar-refractivity contribution in [3.63, 3.8) is 0 Å². The van der Waals surface area contributed by atoms with Crippen LogP contribution in [-0.2, 0) is 0 Å². The number of carbonyl (C=O) groups is 1. The largest absolute Gasteiger partial charge is 0.495 e. The smallest absolute Gasteiger partial charge is 0.339 e. The van der Waals surface area contributed by atoms with Crippen molar-refractivity contribution in [1.82, 2.24) is 0 Å². The number of benzene rings is 1. The summed E-state index contributed by atoms with van der Waals surface area (Å²) >= 11 is 3.18. The van der Waals surface area contributed by atoms with Gasteiger partial charge in [0.1, 0.15) is 10.0 Å². The zero-order chi connectivity index (χ0) is 11.6. The van der Waals surface area contributed by atoms with Crippen LogP contribution in [0.2, 0.25) is 0 Å². The molecular weight excluding hydrogens is 266 g/mol. The number of anilines is 1. The number of carboxylic acids is 1. The second-order valence-electron chi connectivity index (χ2n) is 2.70. The highest BCUT2D eigenvalue weighted by Crippen LogP contribution is 2.41. The number of hydrogen-bond donors (Lipinski definition) is 2. The Kier molecular flexibility index (Phi) is 3.41. The van der Waals surface area contributed by atoms with Crippen molar-refractivity contribution in [2.24, 2.45) is 0 Å². The van der Waals surface area contributed by atoms with Crippen LogP contribution in [0.5, 0.6) is 11.5 Å². The molecule has 0 spiro atoms. The van der Waals surface area contributed by atoms with Gasteiger partial charge in [0.05, 0.1) is 19.9 Å². The Hall–Kier alpha value is -1.43. The second-order valence-corrected chi connectivity index (χ2v) is 3.49. The molecule has 1 rings (SSSR count). The van der Waals surface area contributed by atoms with E-state index in [9.17, 15) is 4.79 Å². The molecule has 0 radical (unpaired) electrons. The van der Waals surface area contributed by atoms with Crippen molar-refractivity contribution in [1.29, 1.82) is 0 Å².